The molecule has 4 heteroatoms. The number of aromatic nitrogens is 2. The number of furan rings is 1. The summed E-state index contributed by atoms with van der Waals surface area (Å²) in [6.07, 6.45) is 0. The summed E-state index contributed by atoms with van der Waals surface area (Å²) in [6.45, 7) is 0. The van der Waals surface area contributed by atoms with E-state index in [-0.39, 0.29) is 0 Å². The van der Waals surface area contributed by atoms with Crippen LogP contribution in [0.5, 0.6) is 0 Å². The Kier molecular flexibility index (Phi) is 6.24. The van der Waals surface area contributed by atoms with E-state index in [1.807, 2.05) is 11.3 Å². The zero-order chi connectivity index (χ0) is 40.3. The van der Waals surface area contributed by atoms with Gasteiger partial charge in [-0.2, -0.15) is 0 Å². The van der Waals surface area contributed by atoms with E-state index in [4.69, 9.17) is 9.40 Å². The molecule has 0 atom stereocenters. The zero-order valence-corrected chi connectivity index (χ0v) is 34.0. The average molecular weight is 805 g/mol. The smallest absolute Gasteiger partial charge is 0.161 e. The molecule has 3 nitrogen and oxygen atoms in total. The lowest BCUT2D eigenvalue weighted by Crippen LogP contribution is -2.25. The minimum absolute atomic E-state index is 0.425. The second-order valence-electron chi connectivity index (χ2n) is 16.9. The predicted molar refractivity (Wildman–Crippen MR) is 258 cm³/mol. The van der Waals surface area contributed by atoms with Gasteiger partial charge in [-0.15, -0.1) is 11.3 Å². The fourth-order valence-corrected chi connectivity index (χ4v) is 12.7. The van der Waals surface area contributed by atoms with Crippen LogP contribution in [0.25, 0.3) is 114 Å². The number of pyridine rings is 1. The van der Waals surface area contributed by atoms with Crippen LogP contribution < -0.4 is 0 Å². The fraction of sp³-hybridized carbons (Fsp3) is 0.0172. The van der Waals surface area contributed by atoms with E-state index in [9.17, 15) is 0 Å². The standard InChI is InChI=1S/C58H32N2OS/c1-7-22-44-35(16-1)36-17-2-8-23-45(36)58(44)46-24-9-3-19-38(46)54-47(58)29-28-41-53(54)39-20-4-10-25-48(39)59-55(41)33-14-13-15-34(30-33)60-49-31-42-37-18-6-12-27-51(37)62-52(42)32-43(49)57-56(60)40-21-5-11-26-50(40)61-57/h1-32H. The van der Waals surface area contributed by atoms with Crippen molar-refractivity contribution in [3.63, 3.8) is 0 Å². The molecule has 0 bridgehead atoms. The molecule has 9 aromatic carbocycles. The van der Waals surface area contributed by atoms with Crippen LogP contribution in [0.2, 0.25) is 0 Å². The van der Waals surface area contributed by atoms with E-state index in [1.54, 1.807) is 0 Å². The summed E-state index contributed by atoms with van der Waals surface area (Å²) < 4.78 is 11.7. The van der Waals surface area contributed by atoms with Gasteiger partial charge in [0.2, 0.25) is 0 Å². The van der Waals surface area contributed by atoms with Crippen LogP contribution >= 0.6 is 11.3 Å². The summed E-state index contributed by atoms with van der Waals surface area (Å²) in [5, 5.41) is 8.33. The molecule has 0 unspecified atom stereocenters. The number of thiophene rings is 1. The number of benzene rings is 9. The van der Waals surface area contributed by atoms with Crippen molar-refractivity contribution in [1.29, 1.82) is 0 Å². The third-order valence-corrected chi connectivity index (χ3v) is 15.1. The molecular weight excluding hydrogens is 773 g/mol. The Bertz CT molecular complexity index is 4080. The van der Waals surface area contributed by atoms with Crippen LogP contribution in [-0.4, -0.2) is 9.55 Å². The third kappa shape index (κ3) is 3.99. The van der Waals surface area contributed by atoms with Gasteiger partial charge in [-0.3, -0.25) is 0 Å². The molecule has 0 amide bonds. The maximum atomic E-state index is 6.74. The Balaban J connectivity index is 1.03. The molecule has 0 fully saturated rings. The van der Waals surface area contributed by atoms with Crippen molar-refractivity contribution in [2.75, 3.05) is 0 Å². The van der Waals surface area contributed by atoms with Crippen molar-refractivity contribution in [2.45, 2.75) is 5.41 Å². The van der Waals surface area contributed by atoms with Crippen LogP contribution in [0.15, 0.2) is 199 Å². The number of para-hydroxylation sites is 2. The molecule has 62 heavy (non-hydrogen) atoms. The topological polar surface area (TPSA) is 31.0 Å². The van der Waals surface area contributed by atoms with Crippen LogP contribution in [0, 0.1) is 0 Å². The number of rotatable bonds is 2. The van der Waals surface area contributed by atoms with Crippen LogP contribution in [-0.2, 0) is 5.41 Å². The van der Waals surface area contributed by atoms with Crippen LogP contribution in [0.1, 0.15) is 22.3 Å². The van der Waals surface area contributed by atoms with E-state index < -0.39 is 5.41 Å². The Labute approximate surface area is 359 Å². The highest BCUT2D eigenvalue weighted by atomic mass is 32.1. The van der Waals surface area contributed by atoms with Gasteiger partial charge in [0.25, 0.3) is 0 Å². The highest BCUT2D eigenvalue weighted by Crippen LogP contribution is 2.64. The zero-order valence-electron chi connectivity index (χ0n) is 33.2. The normalized spacial score (nSPS) is 13.6. The average Bonchev–Trinajstić information content (AvgIpc) is 4.12. The first-order valence-electron chi connectivity index (χ1n) is 21.3. The first kappa shape index (κ1) is 33.0. The van der Waals surface area contributed by atoms with Gasteiger partial charge in [-0.05, 0) is 93.0 Å². The van der Waals surface area contributed by atoms with E-state index in [0.717, 1.165) is 60.8 Å². The maximum absolute atomic E-state index is 6.74. The van der Waals surface area contributed by atoms with Gasteiger partial charge >= 0.3 is 0 Å². The van der Waals surface area contributed by atoms with Gasteiger partial charge in [0.1, 0.15) is 11.1 Å². The summed E-state index contributed by atoms with van der Waals surface area (Å²) in [7, 11) is 0. The Morgan fingerprint density at radius 2 is 1.15 bits per heavy atom. The van der Waals surface area contributed by atoms with Gasteiger partial charge in [-0.25, -0.2) is 4.98 Å². The monoisotopic (exact) mass is 804 g/mol. The summed E-state index contributed by atoms with van der Waals surface area (Å²) in [6, 6.07) is 71.5. The number of fused-ring (bicyclic) bond motifs is 22. The van der Waals surface area contributed by atoms with E-state index in [0.29, 0.717) is 0 Å². The molecular formula is C58H32N2OS. The minimum atomic E-state index is -0.425. The molecule has 286 valence electrons. The molecule has 0 N–H and O–H groups in total. The van der Waals surface area contributed by atoms with Crippen molar-refractivity contribution in [3.8, 4) is 39.2 Å². The summed E-state index contributed by atoms with van der Waals surface area (Å²) in [4.78, 5) is 5.54. The predicted octanol–water partition coefficient (Wildman–Crippen LogP) is 15.6. The lowest BCUT2D eigenvalue weighted by molar-refractivity contribution is 0.673. The molecule has 0 aliphatic heterocycles. The van der Waals surface area contributed by atoms with Gasteiger partial charge < -0.3 is 8.98 Å². The summed E-state index contributed by atoms with van der Waals surface area (Å²) in [5.41, 5.74) is 18.3. The first-order chi connectivity index (χ1) is 30.8. The SMILES string of the molecule is c1cc(-c2nc3ccccc3c3c4c(ccc23)C2(c3ccccc3-c3ccccc32)c2ccccc2-4)cc(-n2c3cc4c(cc3c3oc5ccccc5c32)sc2ccccc24)c1. The quantitative estimate of drug-likeness (QED) is 0.163. The Hall–Kier alpha value is -7.79. The third-order valence-electron chi connectivity index (χ3n) is 14.0. The highest BCUT2D eigenvalue weighted by molar-refractivity contribution is 7.25. The molecule has 15 rings (SSSR count). The van der Waals surface area contributed by atoms with Gasteiger partial charge in [-0.1, -0.05) is 146 Å². The van der Waals surface area contributed by atoms with Crippen molar-refractivity contribution in [2.24, 2.45) is 0 Å². The molecule has 0 saturated heterocycles. The first-order valence-corrected chi connectivity index (χ1v) is 22.1. The fourth-order valence-electron chi connectivity index (χ4n) is 11.6. The lowest BCUT2D eigenvalue weighted by Gasteiger charge is -2.30. The van der Waals surface area contributed by atoms with E-state index in [1.165, 1.54) is 75.5 Å². The van der Waals surface area contributed by atoms with E-state index in [2.05, 4.69) is 199 Å². The Morgan fingerprint density at radius 3 is 1.97 bits per heavy atom. The van der Waals surface area contributed by atoms with Gasteiger partial charge in [0, 0.05) is 58.4 Å². The number of hydrogen-bond donors (Lipinski definition) is 0. The molecule has 2 aliphatic rings. The van der Waals surface area contributed by atoms with Crippen molar-refractivity contribution < 1.29 is 4.42 Å². The molecule has 4 heterocycles. The molecule has 0 radical (unpaired) electrons. The molecule has 1 spiro atoms. The van der Waals surface area contributed by atoms with Gasteiger partial charge in [0.15, 0.2) is 5.58 Å². The van der Waals surface area contributed by atoms with Crippen molar-refractivity contribution >= 4 is 86.2 Å². The molecule has 13 aromatic rings. The Morgan fingerprint density at radius 1 is 0.468 bits per heavy atom. The van der Waals surface area contributed by atoms with Crippen molar-refractivity contribution in [3.05, 3.63) is 216 Å². The second kappa shape index (κ2) is 11.7. The van der Waals surface area contributed by atoms with Gasteiger partial charge in [0.05, 0.1) is 22.1 Å². The maximum Gasteiger partial charge on any atom is 0.161 e. The lowest BCUT2D eigenvalue weighted by atomic mass is 9.70. The van der Waals surface area contributed by atoms with E-state index >= 15 is 0 Å². The van der Waals surface area contributed by atoms with Crippen molar-refractivity contribution in [1.82, 2.24) is 9.55 Å². The summed E-state index contributed by atoms with van der Waals surface area (Å²) >= 11 is 1.84. The highest BCUT2D eigenvalue weighted by Gasteiger charge is 2.52. The van der Waals surface area contributed by atoms with Crippen LogP contribution in [0.3, 0.4) is 0 Å². The number of hydrogen-bond acceptors (Lipinski definition) is 3. The molecule has 0 saturated carbocycles. The summed E-state index contributed by atoms with van der Waals surface area (Å²) in [5.74, 6) is 0. The molecule has 2 aliphatic carbocycles. The minimum Gasteiger partial charge on any atom is -0.454 e. The largest absolute Gasteiger partial charge is 0.454 e. The molecule has 4 aromatic heterocycles. The second-order valence-corrected chi connectivity index (χ2v) is 18.0. The number of nitrogens with zero attached hydrogens (tertiary/aromatic N) is 2. The van der Waals surface area contributed by atoms with Crippen LogP contribution in [0.4, 0.5) is 0 Å².